The molecule has 0 aromatic heterocycles. The first-order valence-corrected chi connectivity index (χ1v) is 6.07. The molecule has 2 rings (SSSR count). The average molecular weight is 253 g/mol. The Hall–Kier alpha value is -1.30. The van der Waals surface area contributed by atoms with Crippen molar-refractivity contribution in [2.75, 3.05) is 26.9 Å². The van der Waals surface area contributed by atoms with Crippen molar-refractivity contribution in [3.05, 3.63) is 23.8 Å². The topological polar surface area (TPSA) is 71.0 Å². The number of aromatic hydroxyl groups is 1. The molecular formula is C13H19NO4. The second-order valence-corrected chi connectivity index (χ2v) is 4.44. The van der Waals surface area contributed by atoms with E-state index in [1.165, 1.54) is 0 Å². The molecule has 2 atom stereocenters. The zero-order valence-corrected chi connectivity index (χ0v) is 10.4. The number of hydrogen-bond acceptors (Lipinski definition) is 5. The molecule has 0 aliphatic carbocycles. The highest BCUT2D eigenvalue weighted by Crippen LogP contribution is 2.34. The number of ether oxygens (including phenoxy) is 2. The van der Waals surface area contributed by atoms with E-state index in [1.807, 2.05) is 6.07 Å². The lowest BCUT2D eigenvalue weighted by atomic mass is 10.1. The van der Waals surface area contributed by atoms with Crippen molar-refractivity contribution in [3.8, 4) is 11.5 Å². The summed E-state index contributed by atoms with van der Waals surface area (Å²) in [6, 6.07) is 5.26. The fraction of sp³-hybridized carbons (Fsp3) is 0.538. The van der Waals surface area contributed by atoms with Gasteiger partial charge in [-0.05, 0) is 25.1 Å². The highest BCUT2D eigenvalue weighted by molar-refractivity contribution is 5.44. The molecule has 1 aromatic rings. The van der Waals surface area contributed by atoms with Gasteiger partial charge in [0.25, 0.3) is 0 Å². The summed E-state index contributed by atoms with van der Waals surface area (Å²) in [4.78, 5) is 0. The van der Waals surface area contributed by atoms with Crippen LogP contribution in [0.2, 0.25) is 0 Å². The summed E-state index contributed by atoms with van der Waals surface area (Å²) >= 11 is 0. The molecule has 1 heterocycles. The molecule has 1 aliphatic heterocycles. The third-order valence-corrected chi connectivity index (χ3v) is 3.01. The molecule has 5 nitrogen and oxygen atoms in total. The second kappa shape index (κ2) is 6.04. The Bertz CT molecular complexity index is 397. The maximum atomic E-state index is 9.53. The maximum absolute atomic E-state index is 9.53. The van der Waals surface area contributed by atoms with E-state index in [1.54, 1.807) is 19.2 Å². The third-order valence-electron chi connectivity index (χ3n) is 3.01. The molecule has 3 N–H and O–H groups in total. The number of methoxy groups -OCH3 is 1. The summed E-state index contributed by atoms with van der Waals surface area (Å²) in [6.45, 7) is 1.60. The average Bonchev–Trinajstić information content (AvgIpc) is 2.72. The quantitative estimate of drug-likeness (QED) is 0.700. The Morgan fingerprint density at radius 1 is 1.56 bits per heavy atom. The number of aliphatic hydroxyl groups is 1. The van der Waals surface area contributed by atoms with E-state index < -0.39 is 6.10 Å². The number of nitrogens with one attached hydrogen (secondary N) is 1. The van der Waals surface area contributed by atoms with Crippen LogP contribution in [-0.4, -0.2) is 43.2 Å². The first-order chi connectivity index (χ1) is 8.70. The SMILES string of the molecule is COCC(O)CCNC1COc2cc(O)ccc21. The van der Waals surface area contributed by atoms with Crippen LogP contribution in [0.25, 0.3) is 0 Å². The van der Waals surface area contributed by atoms with Gasteiger partial charge in [-0.3, -0.25) is 0 Å². The van der Waals surface area contributed by atoms with Gasteiger partial charge in [0.05, 0.1) is 18.8 Å². The Morgan fingerprint density at radius 3 is 3.17 bits per heavy atom. The monoisotopic (exact) mass is 253 g/mol. The lowest BCUT2D eigenvalue weighted by Crippen LogP contribution is -2.27. The minimum absolute atomic E-state index is 0.121. The maximum Gasteiger partial charge on any atom is 0.127 e. The highest BCUT2D eigenvalue weighted by Gasteiger charge is 2.23. The van der Waals surface area contributed by atoms with E-state index >= 15 is 0 Å². The fourth-order valence-electron chi connectivity index (χ4n) is 2.07. The molecule has 5 heteroatoms. The van der Waals surface area contributed by atoms with Crippen LogP contribution >= 0.6 is 0 Å². The van der Waals surface area contributed by atoms with Gasteiger partial charge in [0, 0.05) is 18.7 Å². The van der Waals surface area contributed by atoms with E-state index in [0.717, 1.165) is 11.3 Å². The van der Waals surface area contributed by atoms with Crippen molar-refractivity contribution in [3.63, 3.8) is 0 Å². The van der Waals surface area contributed by atoms with Crippen LogP contribution < -0.4 is 10.1 Å². The first kappa shape index (κ1) is 13.1. The Balaban J connectivity index is 1.83. The lowest BCUT2D eigenvalue weighted by molar-refractivity contribution is 0.0588. The van der Waals surface area contributed by atoms with Crippen molar-refractivity contribution in [1.82, 2.24) is 5.32 Å². The van der Waals surface area contributed by atoms with Crippen LogP contribution in [0.4, 0.5) is 0 Å². The van der Waals surface area contributed by atoms with Crippen LogP contribution in [-0.2, 0) is 4.74 Å². The predicted octanol–water partition coefficient (Wildman–Crippen LogP) is 0.813. The molecule has 0 radical (unpaired) electrons. The zero-order chi connectivity index (χ0) is 13.0. The number of aliphatic hydroxyl groups excluding tert-OH is 1. The van der Waals surface area contributed by atoms with Crippen LogP contribution in [0.1, 0.15) is 18.0 Å². The van der Waals surface area contributed by atoms with Crippen LogP contribution in [0, 0.1) is 0 Å². The van der Waals surface area contributed by atoms with Gasteiger partial charge in [0.2, 0.25) is 0 Å². The van der Waals surface area contributed by atoms with Crippen LogP contribution in [0.3, 0.4) is 0 Å². The van der Waals surface area contributed by atoms with Crippen molar-refractivity contribution < 1.29 is 19.7 Å². The molecule has 1 aliphatic rings. The smallest absolute Gasteiger partial charge is 0.127 e. The molecule has 2 unspecified atom stereocenters. The standard InChI is InChI=1S/C13H19NO4/c1-17-7-10(16)4-5-14-12-8-18-13-6-9(15)2-3-11(12)13/h2-3,6,10,12,14-16H,4-5,7-8H2,1H3. The van der Waals surface area contributed by atoms with Gasteiger partial charge in [-0.1, -0.05) is 0 Å². The van der Waals surface area contributed by atoms with Crippen LogP contribution in [0.15, 0.2) is 18.2 Å². The fourth-order valence-corrected chi connectivity index (χ4v) is 2.07. The molecular weight excluding hydrogens is 234 g/mol. The number of phenolic OH excluding ortho intramolecular Hbond substituents is 1. The first-order valence-electron chi connectivity index (χ1n) is 6.07. The van der Waals surface area contributed by atoms with E-state index in [9.17, 15) is 10.2 Å². The summed E-state index contributed by atoms with van der Waals surface area (Å²) in [5, 5.41) is 22.2. The van der Waals surface area contributed by atoms with Gasteiger partial charge in [0.15, 0.2) is 0 Å². The molecule has 0 bridgehead atoms. The van der Waals surface area contributed by atoms with E-state index in [2.05, 4.69) is 5.32 Å². The van der Waals surface area contributed by atoms with Gasteiger partial charge in [0.1, 0.15) is 18.1 Å². The van der Waals surface area contributed by atoms with E-state index in [0.29, 0.717) is 26.2 Å². The third kappa shape index (κ3) is 3.13. The van der Waals surface area contributed by atoms with Crippen molar-refractivity contribution in [1.29, 1.82) is 0 Å². The highest BCUT2D eigenvalue weighted by atomic mass is 16.5. The summed E-state index contributed by atoms with van der Waals surface area (Å²) in [7, 11) is 1.57. The number of benzene rings is 1. The van der Waals surface area contributed by atoms with Gasteiger partial charge >= 0.3 is 0 Å². The van der Waals surface area contributed by atoms with E-state index in [-0.39, 0.29) is 11.8 Å². The molecule has 100 valence electrons. The number of phenols is 1. The Labute approximate surface area is 106 Å². The number of hydrogen-bond donors (Lipinski definition) is 3. The molecule has 0 saturated heterocycles. The van der Waals surface area contributed by atoms with Gasteiger partial charge in [-0.25, -0.2) is 0 Å². The summed E-state index contributed by atoms with van der Waals surface area (Å²) < 4.78 is 10.4. The summed E-state index contributed by atoms with van der Waals surface area (Å²) in [5.41, 5.74) is 1.05. The lowest BCUT2D eigenvalue weighted by Gasteiger charge is -2.14. The minimum Gasteiger partial charge on any atom is -0.508 e. The van der Waals surface area contributed by atoms with Gasteiger partial charge in [-0.2, -0.15) is 0 Å². The molecule has 0 fully saturated rings. The van der Waals surface area contributed by atoms with Crippen molar-refractivity contribution in [2.24, 2.45) is 0 Å². The Kier molecular flexibility index (Phi) is 4.41. The molecule has 0 amide bonds. The largest absolute Gasteiger partial charge is 0.508 e. The van der Waals surface area contributed by atoms with E-state index in [4.69, 9.17) is 9.47 Å². The molecule has 0 saturated carbocycles. The Morgan fingerprint density at radius 2 is 2.39 bits per heavy atom. The van der Waals surface area contributed by atoms with Gasteiger partial charge in [-0.15, -0.1) is 0 Å². The van der Waals surface area contributed by atoms with Crippen LogP contribution in [0.5, 0.6) is 11.5 Å². The second-order valence-electron chi connectivity index (χ2n) is 4.44. The predicted molar refractivity (Wildman–Crippen MR) is 66.8 cm³/mol. The normalized spacial score (nSPS) is 19.3. The van der Waals surface area contributed by atoms with Gasteiger partial charge < -0.3 is 25.0 Å². The molecule has 0 spiro atoms. The number of rotatable bonds is 6. The summed E-state index contributed by atoms with van der Waals surface area (Å²) in [5.74, 6) is 0.940. The van der Waals surface area contributed by atoms with Crippen molar-refractivity contribution in [2.45, 2.75) is 18.6 Å². The zero-order valence-electron chi connectivity index (χ0n) is 10.4. The molecule has 1 aromatic carbocycles. The number of fused-ring (bicyclic) bond motifs is 1. The minimum atomic E-state index is -0.441. The summed E-state index contributed by atoms with van der Waals surface area (Å²) in [6.07, 6.45) is 0.196. The van der Waals surface area contributed by atoms with Crippen molar-refractivity contribution >= 4 is 0 Å². The molecule has 18 heavy (non-hydrogen) atoms.